The Labute approximate surface area is 56.4 Å². The topological polar surface area (TPSA) is 49.3 Å². The van der Waals surface area contributed by atoms with Crippen molar-refractivity contribution in [1.82, 2.24) is 4.72 Å². The Kier molecular flexibility index (Phi) is 3.17. The molecule has 0 amide bonds. The molecule has 0 bridgehead atoms. The highest BCUT2D eigenvalue weighted by Gasteiger charge is 1.98. The van der Waals surface area contributed by atoms with Crippen molar-refractivity contribution in [3.63, 3.8) is 0 Å². The van der Waals surface area contributed by atoms with Crippen LogP contribution < -0.4 is 4.72 Å². The standard InChI is InChI=1S/C5H13NO2S/c1-4-6-9(7,8)5(2)3/h4H2,1-3H3,(H2,6,7,8). The molecule has 0 aliphatic rings. The zero-order valence-electron chi connectivity index (χ0n) is 5.97. The molecule has 1 atom stereocenters. The van der Waals surface area contributed by atoms with E-state index in [2.05, 4.69) is 4.72 Å². The first-order valence-electron chi connectivity index (χ1n) is 2.82. The van der Waals surface area contributed by atoms with Crippen LogP contribution in [-0.2, 0) is 9.99 Å². The molecular weight excluding hydrogens is 138 g/mol. The molecule has 9 heavy (non-hydrogen) atoms. The Morgan fingerprint density at radius 1 is 1.67 bits per heavy atom. The van der Waals surface area contributed by atoms with Crippen LogP contribution in [0.1, 0.15) is 20.8 Å². The molecule has 56 valence electrons. The van der Waals surface area contributed by atoms with Gasteiger partial charge in [-0.1, -0.05) is 6.92 Å². The Bertz CT molecular complexity index is 187. The second kappa shape index (κ2) is 3.20. The maximum atomic E-state index is 10.9. The molecule has 0 spiro atoms. The van der Waals surface area contributed by atoms with Crippen LogP contribution >= 0.6 is 0 Å². The number of hydrogen-bond acceptors (Lipinski definition) is 1. The van der Waals surface area contributed by atoms with Crippen LogP contribution in [0.5, 0.6) is 0 Å². The van der Waals surface area contributed by atoms with Gasteiger partial charge in [0.05, 0.1) is 0 Å². The van der Waals surface area contributed by atoms with E-state index in [-0.39, 0.29) is 0 Å². The van der Waals surface area contributed by atoms with E-state index >= 15 is 0 Å². The predicted octanol–water partition coefficient (Wildman–Crippen LogP) is 0.480. The summed E-state index contributed by atoms with van der Waals surface area (Å²) < 4.78 is 22.3. The lowest BCUT2D eigenvalue weighted by Crippen LogP contribution is -2.26. The van der Waals surface area contributed by atoms with Gasteiger partial charge in [-0.25, -0.2) is 8.93 Å². The molecule has 1 unspecified atom stereocenters. The largest absolute Gasteiger partial charge is 0.302 e. The second-order valence-corrected chi connectivity index (χ2v) is 4.09. The first kappa shape index (κ1) is 8.94. The number of rotatable bonds is 2. The summed E-state index contributed by atoms with van der Waals surface area (Å²) in [5.74, 6) is 0. The number of nitrogens with one attached hydrogen (secondary N) is 1. The summed E-state index contributed by atoms with van der Waals surface area (Å²) in [5, 5.41) is 0. The molecule has 3 nitrogen and oxygen atoms in total. The van der Waals surface area contributed by atoms with Gasteiger partial charge in [-0.05, 0) is 13.8 Å². The molecule has 0 aliphatic heterocycles. The van der Waals surface area contributed by atoms with Crippen LogP contribution in [-0.4, -0.2) is 20.2 Å². The van der Waals surface area contributed by atoms with Gasteiger partial charge in [0.25, 0.3) is 0 Å². The van der Waals surface area contributed by atoms with E-state index in [1.54, 1.807) is 20.8 Å². The minimum Gasteiger partial charge on any atom is -0.302 e. The van der Waals surface area contributed by atoms with Gasteiger partial charge in [0.1, 0.15) is 9.99 Å². The predicted molar refractivity (Wildman–Crippen MR) is 40.8 cm³/mol. The molecule has 0 saturated carbocycles. The van der Waals surface area contributed by atoms with E-state index in [1.807, 2.05) is 0 Å². The van der Waals surface area contributed by atoms with Gasteiger partial charge in [-0.2, -0.15) is 0 Å². The third kappa shape index (κ3) is 2.84. The molecule has 2 N–H and O–H groups in total. The Morgan fingerprint density at radius 3 is 2.22 bits per heavy atom. The van der Waals surface area contributed by atoms with Gasteiger partial charge in [-0.3, -0.25) is 0 Å². The van der Waals surface area contributed by atoms with E-state index in [0.29, 0.717) is 11.4 Å². The first-order chi connectivity index (χ1) is 4.00. The zero-order valence-corrected chi connectivity index (χ0v) is 6.79. The lowest BCUT2D eigenvalue weighted by atomic mass is 10.6. The highest BCUT2D eigenvalue weighted by atomic mass is 32.2. The summed E-state index contributed by atoms with van der Waals surface area (Å²) >= 11 is 0. The number of hydrogen-bond donors (Lipinski definition) is 2. The highest BCUT2D eigenvalue weighted by molar-refractivity contribution is 7.95. The zero-order chi connectivity index (χ0) is 7.49. The average Bonchev–Trinajstić information content (AvgIpc) is 1.65. The molecular formula is C5H13NO2S. The summed E-state index contributed by atoms with van der Waals surface area (Å²) in [6, 6.07) is 0. The molecule has 0 fully saturated rings. The van der Waals surface area contributed by atoms with Crippen LogP contribution in [0.4, 0.5) is 0 Å². The summed E-state index contributed by atoms with van der Waals surface area (Å²) in [5.41, 5.74) is 0. The normalized spacial score (nSPS) is 16.9. The molecule has 4 heteroatoms. The van der Waals surface area contributed by atoms with Crippen molar-refractivity contribution in [2.45, 2.75) is 20.8 Å². The second-order valence-electron chi connectivity index (χ2n) is 1.93. The minimum atomic E-state index is -2.83. The fourth-order valence-corrected chi connectivity index (χ4v) is 1.02. The molecule has 0 rings (SSSR count). The van der Waals surface area contributed by atoms with E-state index in [1.165, 1.54) is 0 Å². The van der Waals surface area contributed by atoms with Gasteiger partial charge in [0.15, 0.2) is 0 Å². The molecule has 0 aliphatic carbocycles. The summed E-state index contributed by atoms with van der Waals surface area (Å²) in [6.07, 6.45) is 0. The molecule has 0 radical (unpaired) electrons. The lowest BCUT2D eigenvalue weighted by Gasteiger charge is -2.04. The SMILES string of the molecule is CCNS(=O)(O)=C(C)C. The van der Waals surface area contributed by atoms with E-state index < -0.39 is 9.99 Å². The van der Waals surface area contributed by atoms with Crippen molar-refractivity contribution >= 4 is 14.9 Å². The Hall–Kier alpha value is -0.0600. The van der Waals surface area contributed by atoms with Crippen LogP contribution in [0.15, 0.2) is 0 Å². The smallest absolute Gasteiger partial charge is 0.143 e. The summed E-state index contributed by atoms with van der Waals surface area (Å²) in [4.78, 5) is 0.518. The van der Waals surface area contributed by atoms with Gasteiger partial charge in [0.2, 0.25) is 0 Å². The Morgan fingerprint density at radius 2 is 2.11 bits per heavy atom. The first-order valence-corrected chi connectivity index (χ1v) is 4.33. The van der Waals surface area contributed by atoms with E-state index in [0.717, 1.165) is 0 Å². The van der Waals surface area contributed by atoms with Crippen molar-refractivity contribution in [2.24, 2.45) is 0 Å². The molecule has 0 aromatic rings. The quantitative estimate of drug-likeness (QED) is 0.564. The highest BCUT2D eigenvalue weighted by Crippen LogP contribution is 1.82. The van der Waals surface area contributed by atoms with E-state index in [9.17, 15) is 4.21 Å². The van der Waals surface area contributed by atoms with Crippen molar-refractivity contribution in [1.29, 1.82) is 0 Å². The molecule has 0 aromatic carbocycles. The molecule has 0 saturated heterocycles. The van der Waals surface area contributed by atoms with Crippen LogP contribution in [0.2, 0.25) is 0 Å². The fraction of sp³-hybridized carbons (Fsp3) is 0.800. The third-order valence-electron chi connectivity index (χ3n) is 0.893. The van der Waals surface area contributed by atoms with Gasteiger partial charge >= 0.3 is 0 Å². The van der Waals surface area contributed by atoms with Crippen LogP contribution in [0, 0.1) is 0 Å². The molecule has 0 aromatic heterocycles. The van der Waals surface area contributed by atoms with Gasteiger partial charge in [-0.15, -0.1) is 0 Å². The van der Waals surface area contributed by atoms with E-state index in [4.69, 9.17) is 4.55 Å². The maximum Gasteiger partial charge on any atom is 0.143 e. The van der Waals surface area contributed by atoms with Crippen molar-refractivity contribution in [3.8, 4) is 0 Å². The summed E-state index contributed by atoms with van der Waals surface area (Å²) in [6.45, 7) is 5.56. The summed E-state index contributed by atoms with van der Waals surface area (Å²) in [7, 11) is -2.83. The van der Waals surface area contributed by atoms with Crippen molar-refractivity contribution < 1.29 is 8.76 Å². The van der Waals surface area contributed by atoms with Gasteiger partial charge in [0, 0.05) is 11.4 Å². The monoisotopic (exact) mass is 151 g/mol. The van der Waals surface area contributed by atoms with Crippen LogP contribution in [0.3, 0.4) is 0 Å². The van der Waals surface area contributed by atoms with Gasteiger partial charge < -0.3 is 4.55 Å². The maximum absolute atomic E-state index is 10.9. The Balaban J connectivity index is 4.40. The lowest BCUT2D eigenvalue weighted by molar-refractivity contribution is 0.545. The molecule has 0 heterocycles. The third-order valence-corrected chi connectivity index (χ3v) is 2.68. The van der Waals surface area contributed by atoms with Crippen LogP contribution in [0.25, 0.3) is 0 Å². The van der Waals surface area contributed by atoms with Crippen molar-refractivity contribution in [3.05, 3.63) is 0 Å². The van der Waals surface area contributed by atoms with Crippen molar-refractivity contribution in [2.75, 3.05) is 6.54 Å². The average molecular weight is 151 g/mol. The minimum absolute atomic E-state index is 0.514. The fourth-order valence-electron chi connectivity index (χ4n) is 0.340.